The summed E-state index contributed by atoms with van der Waals surface area (Å²) in [6.07, 6.45) is 6.65. The Labute approximate surface area is 202 Å². The van der Waals surface area contributed by atoms with E-state index in [0.29, 0.717) is 10.7 Å². The molecule has 0 radical (unpaired) electrons. The van der Waals surface area contributed by atoms with Gasteiger partial charge in [0.2, 0.25) is 0 Å². The molecule has 1 aliphatic heterocycles. The molecule has 1 fully saturated rings. The number of nitrogens with zero attached hydrogens (tertiary/aromatic N) is 4. The number of aromatic nitrogens is 1. The van der Waals surface area contributed by atoms with Crippen LogP contribution in [0.5, 0.6) is 0 Å². The van der Waals surface area contributed by atoms with Crippen molar-refractivity contribution in [3.8, 4) is 0 Å². The summed E-state index contributed by atoms with van der Waals surface area (Å²) in [5, 5.41) is 2.96. The molecule has 0 bridgehead atoms. The third-order valence-electron chi connectivity index (χ3n) is 5.98. The number of halogens is 1. The van der Waals surface area contributed by atoms with Crippen LogP contribution < -0.4 is 11.6 Å². The predicted molar refractivity (Wildman–Crippen MR) is 141 cm³/mol. The van der Waals surface area contributed by atoms with Crippen molar-refractivity contribution in [1.82, 2.24) is 19.8 Å². The zero-order valence-electron chi connectivity index (χ0n) is 19.7. The SMILES string of the molecule is C=C/C(=C\N(C)N)c1cc(Cl)c2ccc(C(=C)N3CCN(C(=C)CCCC)CC3N)cc2n1. The van der Waals surface area contributed by atoms with Crippen LogP contribution in [-0.4, -0.2) is 52.6 Å². The van der Waals surface area contributed by atoms with Crippen LogP contribution in [0.4, 0.5) is 0 Å². The van der Waals surface area contributed by atoms with Crippen molar-refractivity contribution in [3.63, 3.8) is 0 Å². The van der Waals surface area contributed by atoms with Gasteiger partial charge in [-0.25, -0.2) is 10.8 Å². The number of rotatable bonds is 9. The van der Waals surface area contributed by atoms with Gasteiger partial charge in [0, 0.05) is 48.7 Å². The predicted octanol–water partition coefficient (Wildman–Crippen LogP) is 4.80. The Morgan fingerprint density at radius 1 is 1.30 bits per heavy atom. The number of allylic oxidation sites excluding steroid dienone is 3. The third-order valence-corrected chi connectivity index (χ3v) is 6.30. The Morgan fingerprint density at radius 2 is 2.06 bits per heavy atom. The van der Waals surface area contributed by atoms with Crippen molar-refractivity contribution >= 4 is 33.8 Å². The van der Waals surface area contributed by atoms with E-state index in [0.717, 1.165) is 66.6 Å². The lowest BCUT2D eigenvalue weighted by atomic mass is 10.1. The fourth-order valence-electron chi connectivity index (χ4n) is 4.09. The van der Waals surface area contributed by atoms with Gasteiger partial charge in [-0.1, -0.05) is 62.9 Å². The Hall–Kier alpha value is -2.80. The standard InChI is InChI=1S/C26H35ClN6/c1-6-8-9-18(3)32-12-13-33(26(28)17-32)19(4)21-10-11-22-23(27)15-24(30-25(22)14-21)20(7-2)16-31(5)29/h7,10-11,14-16,26H,2-4,6,8-9,12-13,17,28-29H2,1,5H3/b20-16+. The van der Waals surface area contributed by atoms with Crippen molar-refractivity contribution in [3.05, 3.63) is 78.3 Å². The number of fused-ring (bicyclic) bond motifs is 1. The molecule has 3 rings (SSSR count). The Kier molecular flexibility index (Phi) is 8.19. The minimum absolute atomic E-state index is 0.154. The third kappa shape index (κ3) is 5.77. The zero-order valence-corrected chi connectivity index (χ0v) is 20.5. The summed E-state index contributed by atoms with van der Waals surface area (Å²) >= 11 is 6.57. The lowest BCUT2D eigenvalue weighted by molar-refractivity contribution is 0.148. The Morgan fingerprint density at radius 3 is 2.70 bits per heavy atom. The number of nitrogens with two attached hydrogens (primary N) is 2. The normalized spacial score (nSPS) is 16.8. The second-order valence-electron chi connectivity index (χ2n) is 8.50. The smallest absolute Gasteiger partial charge is 0.0949 e. The van der Waals surface area contributed by atoms with E-state index in [2.05, 4.69) is 36.5 Å². The van der Waals surface area contributed by atoms with Crippen LogP contribution in [0.25, 0.3) is 22.2 Å². The van der Waals surface area contributed by atoms with Gasteiger partial charge >= 0.3 is 0 Å². The van der Waals surface area contributed by atoms with Crippen LogP contribution in [0.1, 0.15) is 37.4 Å². The van der Waals surface area contributed by atoms with Crippen LogP contribution in [0, 0.1) is 0 Å². The first-order valence-electron chi connectivity index (χ1n) is 11.3. The number of unbranched alkanes of at least 4 members (excludes halogenated alkanes) is 1. The first-order chi connectivity index (χ1) is 15.7. The van der Waals surface area contributed by atoms with E-state index in [9.17, 15) is 0 Å². The summed E-state index contributed by atoms with van der Waals surface area (Å²) in [5.74, 6) is 5.78. The van der Waals surface area contributed by atoms with Gasteiger partial charge in [-0.3, -0.25) is 0 Å². The van der Waals surface area contributed by atoms with E-state index >= 15 is 0 Å². The molecule has 1 atom stereocenters. The average molecular weight is 467 g/mol. The average Bonchev–Trinajstić information content (AvgIpc) is 2.79. The molecule has 2 heterocycles. The van der Waals surface area contributed by atoms with E-state index < -0.39 is 0 Å². The number of hydrogen-bond acceptors (Lipinski definition) is 6. The molecular weight excluding hydrogens is 432 g/mol. The summed E-state index contributed by atoms with van der Waals surface area (Å²) in [6.45, 7) is 17.1. The topological polar surface area (TPSA) is 74.7 Å². The molecule has 1 saturated heterocycles. The van der Waals surface area contributed by atoms with Gasteiger partial charge in [0.05, 0.1) is 28.9 Å². The summed E-state index contributed by atoms with van der Waals surface area (Å²) < 4.78 is 0. The van der Waals surface area contributed by atoms with Crippen molar-refractivity contribution in [2.24, 2.45) is 11.6 Å². The molecule has 1 unspecified atom stereocenters. The first-order valence-corrected chi connectivity index (χ1v) is 11.7. The van der Waals surface area contributed by atoms with Crippen LogP contribution in [-0.2, 0) is 0 Å². The molecule has 0 spiro atoms. The van der Waals surface area contributed by atoms with Crippen molar-refractivity contribution in [1.29, 1.82) is 0 Å². The van der Waals surface area contributed by atoms with Gasteiger partial charge in [0.25, 0.3) is 0 Å². The second-order valence-corrected chi connectivity index (χ2v) is 8.91. The van der Waals surface area contributed by atoms with Gasteiger partial charge in [-0.2, -0.15) is 0 Å². The van der Waals surface area contributed by atoms with Crippen LogP contribution >= 0.6 is 11.6 Å². The number of hydrogen-bond donors (Lipinski definition) is 2. The minimum Gasteiger partial charge on any atom is -0.370 e. The molecule has 1 aliphatic rings. The second kappa shape index (κ2) is 10.9. The summed E-state index contributed by atoms with van der Waals surface area (Å²) in [6, 6.07) is 7.85. The van der Waals surface area contributed by atoms with E-state index in [4.69, 9.17) is 28.2 Å². The fourth-order valence-corrected chi connectivity index (χ4v) is 4.36. The molecule has 33 heavy (non-hydrogen) atoms. The molecular formula is C26H35ClN6. The maximum absolute atomic E-state index is 6.57. The van der Waals surface area contributed by atoms with E-state index in [1.165, 1.54) is 10.7 Å². The molecule has 1 aromatic carbocycles. The van der Waals surface area contributed by atoms with Crippen molar-refractivity contribution < 1.29 is 0 Å². The highest BCUT2D eigenvalue weighted by atomic mass is 35.5. The Balaban J connectivity index is 1.84. The number of hydrazine groups is 1. The molecule has 6 nitrogen and oxygen atoms in total. The quantitative estimate of drug-likeness (QED) is 0.314. The van der Waals surface area contributed by atoms with Crippen molar-refractivity contribution in [2.45, 2.75) is 32.4 Å². The highest BCUT2D eigenvalue weighted by molar-refractivity contribution is 6.35. The van der Waals surface area contributed by atoms with Gasteiger partial charge < -0.3 is 20.5 Å². The zero-order chi connectivity index (χ0) is 24.1. The van der Waals surface area contributed by atoms with E-state index in [1.54, 1.807) is 19.3 Å². The molecule has 176 valence electrons. The maximum Gasteiger partial charge on any atom is 0.0949 e. The summed E-state index contributed by atoms with van der Waals surface area (Å²) in [4.78, 5) is 9.28. The molecule has 0 amide bonds. The monoisotopic (exact) mass is 466 g/mol. The molecule has 0 saturated carbocycles. The maximum atomic E-state index is 6.57. The first kappa shape index (κ1) is 24.8. The fraction of sp³-hybridized carbons (Fsp3) is 0.346. The van der Waals surface area contributed by atoms with Gasteiger partial charge in [-0.05, 0) is 30.5 Å². The lowest BCUT2D eigenvalue weighted by Crippen LogP contribution is -2.55. The van der Waals surface area contributed by atoms with Crippen LogP contribution in [0.15, 0.2) is 62.0 Å². The van der Waals surface area contributed by atoms with Crippen LogP contribution in [0.3, 0.4) is 0 Å². The molecule has 0 aliphatic carbocycles. The molecule has 1 aromatic heterocycles. The highest BCUT2D eigenvalue weighted by Crippen LogP contribution is 2.30. The van der Waals surface area contributed by atoms with Crippen LogP contribution in [0.2, 0.25) is 5.02 Å². The highest BCUT2D eigenvalue weighted by Gasteiger charge is 2.26. The van der Waals surface area contributed by atoms with Crippen molar-refractivity contribution in [2.75, 3.05) is 26.7 Å². The number of benzene rings is 1. The lowest BCUT2D eigenvalue weighted by Gasteiger charge is -2.43. The summed E-state index contributed by atoms with van der Waals surface area (Å²) in [5.41, 5.74) is 11.8. The molecule has 2 aromatic rings. The largest absolute Gasteiger partial charge is 0.370 e. The molecule has 4 N–H and O–H groups in total. The molecule has 7 heteroatoms. The minimum atomic E-state index is -0.154. The van der Waals surface area contributed by atoms with E-state index in [1.807, 2.05) is 24.3 Å². The number of pyridine rings is 1. The van der Waals surface area contributed by atoms with Gasteiger partial charge in [0.15, 0.2) is 0 Å². The van der Waals surface area contributed by atoms with E-state index in [-0.39, 0.29) is 6.17 Å². The summed E-state index contributed by atoms with van der Waals surface area (Å²) in [7, 11) is 1.75. The van der Waals surface area contributed by atoms with Gasteiger partial charge in [-0.15, -0.1) is 0 Å². The van der Waals surface area contributed by atoms with Gasteiger partial charge in [0.1, 0.15) is 0 Å². The Bertz CT molecular complexity index is 1070. The number of piperazine rings is 1.